The molecule has 0 bridgehead atoms. The number of aromatic nitrogens is 6. The van der Waals surface area contributed by atoms with E-state index in [2.05, 4.69) is 45.3 Å². The van der Waals surface area contributed by atoms with E-state index < -0.39 is 0 Å². The topological polar surface area (TPSA) is 117 Å². The lowest BCUT2D eigenvalue weighted by molar-refractivity contribution is 0.223. The first kappa shape index (κ1) is 20.5. The van der Waals surface area contributed by atoms with E-state index in [1.165, 1.54) is 6.20 Å². The van der Waals surface area contributed by atoms with E-state index >= 15 is 0 Å². The van der Waals surface area contributed by atoms with Gasteiger partial charge in [0.15, 0.2) is 11.5 Å². The van der Waals surface area contributed by atoms with Crippen LogP contribution in [0.25, 0.3) is 28.1 Å². The molecule has 0 aromatic carbocycles. The molecule has 0 radical (unpaired) electrons. The van der Waals surface area contributed by atoms with Crippen molar-refractivity contribution in [2.45, 2.75) is 33.4 Å². The molecule has 1 atom stereocenters. The Morgan fingerprint density at radius 1 is 1.13 bits per heavy atom. The summed E-state index contributed by atoms with van der Waals surface area (Å²) in [5, 5.41) is 27.1. The number of anilines is 1. The minimum Gasteiger partial charge on any atom is -0.396 e. The van der Waals surface area contributed by atoms with Crippen LogP contribution in [-0.4, -0.2) is 47.1 Å². The molecule has 0 aliphatic heterocycles. The second kappa shape index (κ2) is 8.53. The van der Waals surface area contributed by atoms with Gasteiger partial charge in [-0.2, -0.15) is 15.0 Å². The molecular weight excluding hydrogens is 392 g/mol. The third-order valence-electron chi connectivity index (χ3n) is 4.83. The zero-order valence-corrected chi connectivity index (χ0v) is 17.7. The van der Waals surface area contributed by atoms with Gasteiger partial charge >= 0.3 is 0 Å². The van der Waals surface area contributed by atoms with Crippen molar-refractivity contribution in [3.05, 3.63) is 48.8 Å². The maximum absolute atomic E-state index is 9.31. The van der Waals surface area contributed by atoms with Crippen molar-refractivity contribution in [1.82, 2.24) is 29.3 Å². The van der Waals surface area contributed by atoms with Crippen LogP contribution >= 0.6 is 0 Å². The molecule has 0 aliphatic carbocycles. The quantitative estimate of drug-likeness (QED) is 0.475. The monoisotopic (exact) mass is 416 g/mol. The van der Waals surface area contributed by atoms with Crippen LogP contribution in [-0.2, 0) is 6.54 Å². The lowest BCUT2D eigenvalue weighted by atomic mass is 10.1. The fraction of sp³-hybridized carbons (Fsp3) is 0.318. The van der Waals surface area contributed by atoms with E-state index in [1.54, 1.807) is 29.5 Å². The van der Waals surface area contributed by atoms with Gasteiger partial charge in [-0.1, -0.05) is 6.92 Å². The Morgan fingerprint density at radius 3 is 2.71 bits per heavy atom. The Balaban J connectivity index is 1.74. The largest absolute Gasteiger partial charge is 0.396 e. The molecule has 4 rings (SSSR count). The first-order valence-electron chi connectivity index (χ1n) is 10.1. The van der Waals surface area contributed by atoms with E-state index in [0.717, 1.165) is 22.3 Å². The molecule has 9 nitrogen and oxygen atoms in total. The summed E-state index contributed by atoms with van der Waals surface area (Å²) in [7, 11) is 0. The van der Waals surface area contributed by atoms with Gasteiger partial charge in [0.1, 0.15) is 6.07 Å². The molecule has 2 N–H and O–H groups in total. The Labute approximate surface area is 180 Å². The van der Waals surface area contributed by atoms with Crippen molar-refractivity contribution < 1.29 is 5.11 Å². The van der Waals surface area contributed by atoms with E-state index in [0.29, 0.717) is 23.6 Å². The van der Waals surface area contributed by atoms with Crippen LogP contribution in [0, 0.1) is 17.2 Å². The number of pyridine rings is 2. The number of aliphatic hydroxyl groups is 1. The Bertz CT molecular complexity index is 1250. The van der Waals surface area contributed by atoms with Gasteiger partial charge in [0.25, 0.3) is 0 Å². The van der Waals surface area contributed by atoms with Gasteiger partial charge in [0.05, 0.1) is 23.8 Å². The molecule has 4 heterocycles. The van der Waals surface area contributed by atoms with Crippen LogP contribution in [0.15, 0.2) is 43.2 Å². The molecular formula is C22H24N8O. The van der Waals surface area contributed by atoms with Crippen LogP contribution in [0.1, 0.15) is 26.3 Å². The third kappa shape index (κ3) is 4.25. The van der Waals surface area contributed by atoms with E-state index in [4.69, 9.17) is 5.26 Å². The van der Waals surface area contributed by atoms with E-state index in [9.17, 15) is 5.11 Å². The minimum absolute atomic E-state index is 0.131. The molecule has 0 spiro atoms. The van der Waals surface area contributed by atoms with Crippen molar-refractivity contribution in [1.29, 1.82) is 5.26 Å². The molecule has 158 valence electrons. The predicted octanol–water partition coefficient (Wildman–Crippen LogP) is 3.00. The van der Waals surface area contributed by atoms with Crippen LogP contribution < -0.4 is 5.32 Å². The normalized spacial score (nSPS) is 12.3. The van der Waals surface area contributed by atoms with Crippen molar-refractivity contribution in [2.75, 3.05) is 11.9 Å². The summed E-state index contributed by atoms with van der Waals surface area (Å²) in [6.45, 7) is 6.95. The first-order valence-corrected chi connectivity index (χ1v) is 10.1. The Hall–Kier alpha value is -3.77. The Kier molecular flexibility index (Phi) is 5.64. The first-order chi connectivity index (χ1) is 15.0. The summed E-state index contributed by atoms with van der Waals surface area (Å²) in [5.41, 5.74) is 3.69. The smallest absolute Gasteiger partial charge is 0.164 e. The standard InChI is InChI=1S/C22H24N8O/c1-14(2)28-19-5-21(30-22-17(8-27-30)4-16(6-23)7-25-22)24-9-18(19)20-11-29(13-26-20)10-15(3)12-31/h4-5,7-9,11,13-15,31H,10,12H2,1-3H3,(H,24,28). The number of nitrogens with zero attached hydrogens (tertiary/aromatic N) is 7. The van der Waals surface area contributed by atoms with Crippen molar-refractivity contribution in [3.63, 3.8) is 0 Å². The number of imidazole rings is 1. The van der Waals surface area contributed by atoms with Crippen LogP contribution in [0.2, 0.25) is 0 Å². The average molecular weight is 416 g/mol. The number of rotatable bonds is 7. The van der Waals surface area contributed by atoms with Gasteiger partial charge in [-0.3, -0.25) is 0 Å². The Morgan fingerprint density at radius 2 is 1.97 bits per heavy atom. The zero-order valence-electron chi connectivity index (χ0n) is 17.7. The fourth-order valence-corrected chi connectivity index (χ4v) is 3.36. The summed E-state index contributed by atoms with van der Waals surface area (Å²) in [6.07, 6.45) is 8.72. The number of nitrogens with one attached hydrogen (secondary N) is 1. The molecule has 31 heavy (non-hydrogen) atoms. The second-order valence-corrected chi connectivity index (χ2v) is 7.94. The van der Waals surface area contributed by atoms with Crippen LogP contribution in [0.4, 0.5) is 5.69 Å². The molecule has 0 fully saturated rings. The molecule has 9 heteroatoms. The second-order valence-electron chi connectivity index (χ2n) is 7.94. The van der Waals surface area contributed by atoms with Crippen LogP contribution in [0.3, 0.4) is 0 Å². The maximum Gasteiger partial charge on any atom is 0.164 e. The summed E-state index contributed by atoms with van der Waals surface area (Å²) in [5.74, 6) is 0.769. The number of hydrogen-bond donors (Lipinski definition) is 2. The van der Waals surface area contributed by atoms with Crippen molar-refractivity contribution in [2.24, 2.45) is 5.92 Å². The number of nitriles is 1. The van der Waals surface area contributed by atoms with Gasteiger partial charge in [0.2, 0.25) is 0 Å². The maximum atomic E-state index is 9.31. The number of hydrogen-bond acceptors (Lipinski definition) is 7. The molecule has 1 unspecified atom stereocenters. The average Bonchev–Trinajstić information content (AvgIpc) is 3.39. The van der Waals surface area contributed by atoms with Gasteiger partial charge in [-0.25, -0.2) is 15.0 Å². The van der Waals surface area contributed by atoms with Gasteiger partial charge < -0.3 is 15.0 Å². The minimum atomic E-state index is 0.131. The predicted molar refractivity (Wildman–Crippen MR) is 118 cm³/mol. The summed E-state index contributed by atoms with van der Waals surface area (Å²) in [6, 6.07) is 5.98. The summed E-state index contributed by atoms with van der Waals surface area (Å²) in [4.78, 5) is 13.5. The van der Waals surface area contributed by atoms with Gasteiger partial charge in [-0.05, 0) is 25.8 Å². The van der Waals surface area contributed by atoms with Gasteiger partial charge in [-0.15, -0.1) is 0 Å². The van der Waals surface area contributed by atoms with Crippen molar-refractivity contribution >= 4 is 16.7 Å². The number of aliphatic hydroxyl groups excluding tert-OH is 1. The summed E-state index contributed by atoms with van der Waals surface area (Å²) >= 11 is 0. The van der Waals surface area contributed by atoms with Crippen molar-refractivity contribution in [3.8, 4) is 23.1 Å². The lowest BCUT2D eigenvalue weighted by Crippen LogP contribution is -2.12. The molecule has 0 aliphatic rings. The number of fused-ring (bicyclic) bond motifs is 1. The molecule has 0 amide bonds. The van der Waals surface area contributed by atoms with Crippen LogP contribution in [0.5, 0.6) is 0 Å². The highest BCUT2D eigenvalue weighted by atomic mass is 16.3. The van der Waals surface area contributed by atoms with Gasteiger partial charge in [0, 0.05) is 60.5 Å². The van der Waals surface area contributed by atoms with E-state index in [-0.39, 0.29) is 18.6 Å². The van der Waals surface area contributed by atoms with E-state index in [1.807, 2.05) is 23.8 Å². The highest BCUT2D eigenvalue weighted by molar-refractivity contribution is 5.79. The lowest BCUT2D eigenvalue weighted by Gasteiger charge is -2.15. The molecule has 0 saturated heterocycles. The summed E-state index contributed by atoms with van der Waals surface area (Å²) < 4.78 is 3.63. The fourth-order valence-electron chi connectivity index (χ4n) is 3.36. The molecule has 4 aromatic heterocycles. The molecule has 0 saturated carbocycles. The SMILES string of the molecule is CC(CO)Cn1cnc(-c2cnc(-n3ncc4cc(C#N)cnc43)cc2NC(C)C)c1. The zero-order chi connectivity index (χ0) is 22.0. The molecule has 4 aromatic rings. The highest BCUT2D eigenvalue weighted by Gasteiger charge is 2.15. The third-order valence-corrected chi connectivity index (χ3v) is 4.83. The highest BCUT2D eigenvalue weighted by Crippen LogP contribution is 2.29.